The van der Waals surface area contributed by atoms with Crippen LogP contribution in [0.2, 0.25) is 0 Å². The van der Waals surface area contributed by atoms with Crippen LogP contribution in [0.3, 0.4) is 0 Å². The van der Waals surface area contributed by atoms with E-state index in [1.54, 1.807) is 0 Å². The van der Waals surface area contributed by atoms with Crippen LogP contribution in [0.15, 0.2) is 67.1 Å². The Morgan fingerprint density at radius 1 is 0.906 bits per heavy atom. The summed E-state index contributed by atoms with van der Waals surface area (Å²) in [5, 5.41) is 4.56. The van der Waals surface area contributed by atoms with Crippen LogP contribution in [0.25, 0.3) is 27.9 Å². The van der Waals surface area contributed by atoms with Gasteiger partial charge in [-0.15, -0.1) is 0 Å². The average Bonchev–Trinajstić information content (AvgIpc) is 3.28. The van der Waals surface area contributed by atoms with Gasteiger partial charge in [0.2, 0.25) is 0 Å². The number of nitrogens with zero attached hydrogens (tertiary/aromatic N) is 4. The molecule has 0 bridgehead atoms. The van der Waals surface area contributed by atoms with Crippen molar-refractivity contribution >= 4 is 5.65 Å². The van der Waals surface area contributed by atoms with Gasteiger partial charge >= 0.3 is 0 Å². The van der Waals surface area contributed by atoms with E-state index in [9.17, 15) is 0 Å². The molecule has 0 amide bonds. The Balaban J connectivity index is 1.28. The first-order valence-corrected chi connectivity index (χ1v) is 11.7. The number of aromatic nitrogens is 3. The predicted molar refractivity (Wildman–Crippen MR) is 129 cm³/mol. The number of aryl methyl sites for hydroxylation is 1. The van der Waals surface area contributed by atoms with E-state index < -0.39 is 0 Å². The molecule has 4 aromatic rings. The molecule has 0 unspecified atom stereocenters. The summed E-state index contributed by atoms with van der Waals surface area (Å²) < 4.78 is 7.83. The molecule has 32 heavy (non-hydrogen) atoms. The molecular weight excluding hydrogens is 396 g/mol. The maximum Gasteiger partial charge on any atom is 0.162 e. The zero-order valence-electron chi connectivity index (χ0n) is 18.7. The van der Waals surface area contributed by atoms with Crippen molar-refractivity contribution in [1.82, 2.24) is 19.5 Å². The third-order valence-electron chi connectivity index (χ3n) is 6.32. The molecule has 0 aliphatic carbocycles. The first-order valence-electron chi connectivity index (χ1n) is 11.7. The SMILES string of the molecule is CCc1cccc(-c2cnn3cc(-c4ccc(OCCN5CCCCC5)cc4)cnc23)c1. The maximum atomic E-state index is 5.97. The third kappa shape index (κ3) is 4.53. The average molecular weight is 427 g/mol. The highest BCUT2D eigenvalue weighted by molar-refractivity contribution is 5.78. The lowest BCUT2D eigenvalue weighted by Gasteiger charge is -2.26. The minimum Gasteiger partial charge on any atom is -0.492 e. The van der Waals surface area contributed by atoms with Crippen molar-refractivity contribution in [3.63, 3.8) is 0 Å². The van der Waals surface area contributed by atoms with E-state index >= 15 is 0 Å². The Morgan fingerprint density at radius 3 is 2.56 bits per heavy atom. The number of fused-ring (bicyclic) bond motifs is 1. The van der Waals surface area contributed by atoms with Crippen LogP contribution >= 0.6 is 0 Å². The molecule has 0 radical (unpaired) electrons. The van der Waals surface area contributed by atoms with Crippen molar-refractivity contribution in [2.45, 2.75) is 32.6 Å². The molecule has 1 saturated heterocycles. The molecule has 2 aromatic carbocycles. The Morgan fingerprint density at radius 2 is 1.75 bits per heavy atom. The molecule has 1 aliphatic rings. The van der Waals surface area contributed by atoms with Gasteiger partial charge in [0.15, 0.2) is 5.65 Å². The fourth-order valence-electron chi connectivity index (χ4n) is 4.41. The summed E-state index contributed by atoms with van der Waals surface area (Å²) in [6.45, 7) is 6.33. The summed E-state index contributed by atoms with van der Waals surface area (Å²) in [6, 6.07) is 16.9. The monoisotopic (exact) mass is 426 g/mol. The van der Waals surface area contributed by atoms with Gasteiger partial charge in [0.1, 0.15) is 12.4 Å². The topological polar surface area (TPSA) is 42.7 Å². The first kappa shape index (κ1) is 20.7. The molecule has 5 nitrogen and oxygen atoms in total. The summed E-state index contributed by atoms with van der Waals surface area (Å²) >= 11 is 0. The molecule has 0 atom stereocenters. The molecule has 2 aromatic heterocycles. The van der Waals surface area contributed by atoms with E-state index in [0.29, 0.717) is 0 Å². The predicted octanol–water partition coefficient (Wildman–Crippen LogP) is 5.49. The highest BCUT2D eigenvalue weighted by atomic mass is 16.5. The minimum absolute atomic E-state index is 0.738. The summed E-state index contributed by atoms with van der Waals surface area (Å²) in [4.78, 5) is 7.23. The molecule has 5 rings (SSSR count). The molecular formula is C27H30N4O. The maximum absolute atomic E-state index is 5.97. The van der Waals surface area contributed by atoms with Crippen LogP contribution in [0, 0.1) is 0 Å². The molecule has 1 aliphatic heterocycles. The van der Waals surface area contributed by atoms with Crippen LogP contribution in [0.4, 0.5) is 0 Å². The molecule has 0 N–H and O–H groups in total. The smallest absolute Gasteiger partial charge is 0.162 e. The van der Waals surface area contributed by atoms with Gasteiger partial charge in [0.25, 0.3) is 0 Å². The highest BCUT2D eigenvalue weighted by Gasteiger charge is 2.11. The van der Waals surface area contributed by atoms with Gasteiger partial charge in [-0.25, -0.2) is 9.50 Å². The molecule has 5 heteroatoms. The van der Waals surface area contributed by atoms with Crippen LogP contribution in [0.1, 0.15) is 31.7 Å². The summed E-state index contributed by atoms with van der Waals surface area (Å²) in [5.74, 6) is 0.914. The number of benzene rings is 2. The van der Waals surface area contributed by atoms with Crippen molar-refractivity contribution in [3.05, 3.63) is 72.7 Å². The zero-order valence-corrected chi connectivity index (χ0v) is 18.7. The fraction of sp³-hybridized carbons (Fsp3) is 0.333. The van der Waals surface area contributed by atoms with E-state index in [4.69, 9.17) is 9.72 Å². The largest absolute Gasteiger partial charge is 0.492 e. The molecule has 1 fully saturated rings. The van der Waals surface area contributed by atoms with Crippen molar-refractivity contribution in [2.24, 2.45) is 0 Å². The summed E-state index contributed by atoms with van der Waals surface area (Å²) in [5.41, 5.74) is 6.55. The summed E-state index contributed by atoms with van der Waals surface area (Å²) in [7, 11) is 0. The van der Waals surface area contributed by atoms with E-state index in [1.807, 2.05) is 35.2 Å². The Hall–Kier alpha value is -3.18. The number of ether oxygens (including phenoxy) is 1. The lowest BCUT2D eigenvalue weighted by molar-refractivity contribution is 0.183. The van der Waals surface area contributed by atoms with Crippen molar-refractivity contribution < 1.29 is 4.74 Å². The van der Waals surface area contributed by atoms with E-state index in [1.165, 1.54) is 37.9 Å². The Bertz CT molecular complexity index is 1180. The Labute approximate surface area is 189 Å². The van der Waals surface area contributed by atoms with E-state index in [0.717, 1.165) is 53.2 Å². The van der Waals surface area contributed by atoms with Crippen molar-refractivity contribution in [3.8, 4) is 28.0 Å². The standard InChI is InChI=1S/C27H30N4O/c1-2-21-7-6-8-23(17-21)26-19-29-31-20-24(18-28-27(26)31)22-9-11-25(12-10-22)32-16-15-30-13-4-3-5-14-30/h6-12,17-20H,2-5,13-16H2,1H3. The van der Waals surface area contributed by atoms with Gasteiger partial charge in [-0.3, -0.25) is 4.90 Å². The summed E-state index contributed by atoms with van der Waals surface area (Å²) in [6.07, 6.45) is 10.9. The number of likely N-dealkylation sites (tertiary alicyclic amines) is 1. The van der Waals surface area contributed by atoms with Crippen LogP contribution in [-0.4, -0.2) is 45.7 Å². The lowest BCUT2D eigenvalue weighted by atomic mass is 10.0. The molecule has 0 spiro atoms. The first-order chi connectivity index (χ1) is 15.8. The molecule has 164 valence electrons. The van der Waals surface area contributed by atoms with Crippen LogP contribution in [0.5, 0.6) is 5.75 Å². The quantitative estimate of drug-likeness (QED) is 0.392. The van der Waals surface area contributed by atoms with E-state index in [2.05, 4.69) is 53.3 Å². The second-order valence-electron chi connectivity index (χ2n) is 8.50. The van der Waals surface area contributed by atoms with Crippen LogP contribution in [-0.2, 0) is 6.42 Å². The van der Waals surface area contributed by atoms with Gasteiger partial charge in [-0.1, -0.05) is 49.7 Å². The van der Waals surface area contributed by atoms with Crippen molar-refractivity contribution in [2.75, 3.05) is 26.2 Å². The highest BCUT2D eigenvalue weighted by Crippen LogP contribution is 2.27. The number of hydrogen-bond donors (Lipinski definition) is 0. The third-order valence-corrected chi connectivity index (χ3v) is 6.32. The minimum atomic E-state index is 0.738. The number of rotatable bonds is 7. The van der Waals surface area contributed by atoms with Gasteiger partial charge in [0, 0.05) is 30.1 Å². The van der Waals surface area contributed by atoms with Crippen LogP contribution < -0.4 is 4.74 Å². The van der Waals surface area contributed by atoms with Gasteiger partial charge in [-0.05, 0) is 61.2 Å². The number of piperidine rings is 1. The second-order valence-corrected chi connectivity index (χ2v) is 8.50. The lowest BCUT2D eigenvalue weighted by Crippen LogP contribution is -2.33. The Kier molecular flexibility index (Phi) is 6.17. The normalized spacial score (nSPS) is 14.7. The molecule has 3 heterocycles. The number of hydrogen-bond acceptors (Lipinski definition) is 4. The van der Waals surface area contributed by atoms with Gasteiger partial charge in [0.05, 0.1) is 6.20 Å². The van der Waals surface area contributed by atoms with Gasteiger partial charge in [-0.2, -0.15) is 5.10 Å². The fourth-order valence-corrected chi connectivity index (χ4v) is 4.41. The van der Waals surface area contributed by atoms with E-state index in [-0.39, 0.29) is 0 Å². The van der Waals surface area contributed by atoms with Gasteiger partial charge < -0.3 is 4.74 Å². The zero-order chi connectivity index (χ0) is 21.8. The molecule has 0 saturated carbocycles. The second kappa shape index (κ2) is 9.53. The van der Waals surface area contributed by atoms with Crippen molar-refractivity contribution in [1.29, 1.82) is 0 Å².